The molecule has 0 unspecified atom stereocenters. The number of hydrogen-bond acceptors (Lipinski definition) is 4. The lowest BCUT2D eigenvalue weighted by Gasteiger charge is -2.33. The van der Waals surface area contributed by atoms with E-state index in [4.69, 9.17) is 5.11 Å². The number of pyridine rings is 1. The van der Waals surface area contributed by atoms with Gasteiger partial charge >= 0.3 is 5.97 Å². The topological polar surface area (TPSA) is 87.6 Å². The minimum atomic E-state index is -3.81. The average molecular weight is 298 g/mol. The van der Waals surface area contributed by atoms with Crippen molar-refractivity contribution >= 4 is 16.0 Å². The van der Waals surface area contributed by atoms with Gasteiger partial charge < -0.3 is 5.11 Å². The lowest BCUT2D eigenvalue weighted by atomic mass is 10.1. The van der Waals surface area contributed by atoms with Crippen LogP contribution in [0.2, 0.25) is 0 Å². The summed E-state index contributed by atoms with van der Waals surface area (Å²) in [6.45, 7) is 8.99. The molecule has 0 aliphatic carbocycles. The van der Waals surface area contributed by atoms with E-state index in [0.717, 1.165) is 6.20 Å². The summed E-state index contributed by atoms with van der Waals surface area (Å²) < 4.78 is 26.3. The molecule has 1 rings (SSSR count). The lowest BCUT2D eigenvalue weighted by molar-refractivity contribution is 0.0696. The van der Waals surface area contributed by atoms with Crippen LogP contribution in [0.5, 0.6) is 0 Å². The second-order valence-electron chi connectivity index (χ2n) is 5.19. The molecule has 20 heavy (non-hydrogen) atoms. The van der Waals surface area contributed by atoms with Gasteiger partial charge in [-0.2, -0.15) is 4.31 Å². The number of carboxylic acid groups (broad SMARTS) is 1. The van der Waals surface area contributed by atoms with Crippen LogP contribution in [0, 0.1) is 0 Å². The molecule has 0 aromatic carbocycles. The van der Waals surface area contributed by atoms with Crippen LogP contribution >= 0.6 is 0 Å². The molecule has 0 aliphatic heterocycles. The van der Waals surface area contributed by atoms with Gasteiger partial charge in [0.15, 0.2) is 5.03 Å². The van der Waals surface area contributed by atoms with E-state index in [2.05, 4.69) is 11.6 Å². The fourth-order valence-electron chi connectivity index (χ4n) is 1.62. The van der Waals surface area contributed by atoms with Crippen LogP contribution in [0.3, 0.4) is 0 Å². The standard InChI is InChI=1S/C13H18N2O4S/c1-5-8-15(13(2,3)4)20(18,19)11-7-6-10(9-14-11)12(16)17/h5-7,9H,1,8H2,2-4H3,(H,16,17). The Balaban J connectivity index is 3.26. The quantitative estimate of drug-likeness (QED) is 0.837. The number of nitrogens with zero attached hydrogens (tertiary/aromatic N) is 2. The Morgan fingerprint density at radius 1 is 1.45 bits per heavy atom. The predicted molar refractivity (Wildman–Crippen MR) is 75.0 cm³/mol. The number of carbonyl (C=O) groups is 1. The van der Waals surface area contributed by atoms with E-state index in [1.807, 2.05) is 0 Å². The first-order valence-electron chi connectivity index (χ1n) is 5.94. The minimum absolute atomic E-state index is 0.0602. The first-order chi connectivity index (χ1) is 9.10. The molecule has 1 aromatic heterocycles. The van der Waals surface area contributed by atoms with Gasteiger partial charge in [-0.1, -0.05) is 6.08 Å². The summed E-state index contributed by atoms with van der Waals surface area (Å²) in [7, 11) is -3.81. The van der Waals surface area contributed by atoms with Gasteiger partial charge in [0.2, 0.25) is 0 Å². The Morgan fingerprint density at radius 3 is 2.40 bits per heavy atom. The highest BCUT2D eigenvalue weighted by Crippen LogP contribution is 2.23. The largest absolute Gasteiger partial charge is 0.478 e. The summed E-state index contributed by atoms with van der Waals surface area (Å²) in [6.07, 6.45) is 2.53. The van der Waals surface area contributed by atoms with Crippen molar-refractivity contribution in [3.05, 3.63) is 36.5 Å². The molecule has 0 spiro atoms. The first-order valence-corrected chi connectivity index (χ1v) is 7.38. The molecule has 0 aliphatic rings. The van der Waals surface area contributed by atoms with E-state index >= 15 is 0 Å². The van der Waals surface area contributed by atoms with Gasteiger partial charge in [0.25, 0.3) is 10.0 Å². The SMILES string of the molecule is C=CCN(C(C)(C)C)S(=O)(=O)c1ccc(C(=O)O)cn1. The summed E-state index contributed by atoms with van der Waals surface area (Å²) in [6, 6.07) is 2.41. The molecule has 0 fully saturated rings. The third kappa shape index (κ3) is 3.43. The number of hydrogen-bond donors (Lipinski definition) is 1. The number of aromatic carboxylic acids is 1. The fraction of sp³-hybridized carbons (Fsp3) is 0.385. The predicted octanol–water partition coefficient (Wildman–Crippen LogP) is 1.76. The molecule has 1 N–H and O–H groups in total. The Labute approximate surface area is 118 Å². The highest BCUT2D eigenvalue weighted by Gasteiger charge is 2.33. The molecule has 0 amide bonds. The van der Waals surface area contributed by atoms with Gasteiger partial charge in [0, 0.05) is 18.3 Å². The van der Waals surface area contributed by atoms with Crippen molar-refractivity contribution in [2.75, 3.05) is 6.54 Å². The van der Waals surface area contributed by atoms with Crippen LogP contribution in [0.4, 0.5) is 0 Å². The third-order valence-electron chi connectivity index (χ3n) is 2.58. The fourth-order valence-corrected chi connectivity index (χ4v) is 3.30. The van der Waals surface area contributed by atoms with E-state index in [-0.39, 0.29) is 17.1 Å². The summed E-state index contributed by atoms with van der Waals surface area (Å²) >= 11 is 0. The van der Waals surface area contributed by atoms with Crippen molar-refractivity contribution in [3.63, 3.8) is 0 Å². The van der Waals surface area contributed by atoms with Crippen molar-refractivity contribution in [2.24, 2.45) is 0 Å². The van der Waals surface area contributed by atoms with Gasteiger partial charge in [-0.05, 0) is 32.9 Å². The second kappa shape index (κ2) is 5.72. The monoisotopic (exact) mass is 298 g/mol. The van der Waals surface area contributed by atoms with Crippen LogP contribution in [0.25, 0.3) is 0 Å². The molecule has 0 saturated heterocycles. The highest BCUT2D eigenvalue weighted by atomic mass is 32.2. The lowest BCUT2D eigenvalue weighted by Crippen LogP contribution is -2.45. The van der Waals surface area contributed by atoms with Gasteiger partial charge in [0.05, 0.1) is 5.56 Å². The molecule has 6 nitrogen and oxygen atoms in total. The first kappa shape index (κ1) is 16.3. The van der Waals surface area contributed by atoms with Crippen molar-refractivity contribution < 1.29 is 18.3 Å². The van der Waals surface area contributed by atoms with E-state index in [0.29, 0.717) is 0 Å². The minimum Gasteiger partial charge on any atom is -0.478 e. The number of aromatic nitrogens is 1. The normalized spacial score (nSPS) is 12.4. The van der Waals surface area contributed by atoms with E-state index in [1.165, 1.54) is 22.5 Å². The third-order valence-corrected chi connectivity index (χ3v) is 4.63. The summed E-state index contributed by atoms with van der Waals surface area (Å²) in [5, 5.41) is 8.61. The van der Waals surface area contributed by atoms with Gasteiger partial charge in [-0.15, -0.1) is 6.58 Å². The summed E-state index contributed by atoms with van der Waals surface area (Å²) in [4.78, 5) is 14.5. The molecule has 0 saturated carbocycles. The van der Waals surface area contributed by atoms with Gasteiger partial charge in [0.1, 0.15) is 0 Å². The molecule has 0 atom stereocenters. The van der Waals surface area contributed by atoms with Crippen molar-refractivity contribution in [1.29, 1.82) is 0 Å². The average Bonchev–Trinajstić information content (AvgIpc) is 2.34. The Kier molecular flexibility index (Phi) is 4.67. The molecule has 1 aromatic rings. The molecule has 0 radical (unpaired) electrons. The molecule has 7 heteroatoms. The van der Waals surface area contributed by atoms with Crippen LogP contribution < -0.4 is 0 Å². The maximum absolute atomic E-state index is 12.5. The number of sulfonamides is 1. The van der Waals surface area contributed by atoms with Crippen LogP contribution in [-0.2, 0) is 10.0 Å². The Morgan fingerprint density at radius 2 is 2.05 bits per heavy atom. The van der Waals surface area contributed by atoms with Crippen LogP contribution in [0.1, 0.15) is 31.1 Å². The molecule has 0 bridgehead atoms. The number of carboxylic acids is 1. The highest BCUT2D eigenvalue weighted by molar-refractivity contribution is 7.89. The summed E-state index contributed by atoms with van der Waals surface area (Å²) in [5.74, 6) is -1.15. The van der Waals surface area contributed by atoms with Crippen LogP contribution in [-0.4, -0.2) is 40.9 Å². The van der Waals surface area contributed by atoms with Gasteiger partial charge in [-0.3, -0.25) is 0 Å². The molecular formula is C13H18N2O4S. The number of rotatable bonds is 5. The van der Waals surface area contributed by atoms with Crippen molar-refractivity contribution in [3.8, 4) is 0 Å². The summed E-state index contributed by atoms with van der Waals surface area (Å²) in [5.41, 5.74) is -0.699. The van der Waals surface area contributed by atoms with Crippen LogP contribution in [0.15, 0.2) is 36.0 Å². The zero-order valence-corrected chi connectivity index (χ0v) is 12.5. The maximum Gasteiger partial charge on any atom is 0.337 e. The van der Waals surface area contributed by atoms with Crippen molar-refractivity contribution in [2.45, 2.75) is 31.3 Å². The maximum atomic E-state index is 12.5. The zero-order valence-electron chi connectivity index (χ0n) is 11.7. The Hall–Kier alpha value is -1.73. The molecule has 1 heterocycles. The molecule has 110 valence electrons. The molecular weight excluding hydrogens is 280 g/mol. The smallest absolute Gasteiger partial charge is 0.337 e. The van der Waals surface area contributed by atoms with Crippen molar-refractivity contribution in [1.82, 2.24) is 9.29 Å². The van der Waals surface area contributed by atoms with E-state index < -0.39 is 21.5 Å². The Bertz CT molecular complexity index is 600. The van der Waals surface area contributed by atoms with E-state index in [1.54, 1.807) is 20.8 Å². The zero-order chi connectivity index (χ0) is 15.6. The van der Waals surface area contributed by atoms with Gasteiger partial charge in [-0.25, -0.2) is 18.2 Å². The second-order valence-corrected chi connectivity index (χ2v) is 7.00. The van der Waals surface area contributed by atoms with E-state index in [9.17, 15) is 13.2 Å².